The minimum atomic E-state index is -1.06. The minimum Gasteiger partial charge on any atom is -0.496 e. The van der Waals surface area contributed by atoms with Crippen molar-refractivity contribution in [2.24, 2.45) is 0 Å². The topological polar surface area (TPSA) is 72.3 Å². The Morgan fingerprint density at radius 1 is 1.35 bits per heavy atom. The SMILES string of the molecule is COc1ccccc1-c1ncncc1C(=O)O. The van der Waals surface area contributed by atoms with Gasteiger partial charge >= 0.3 is 5.97 Å². The fourth-order valence-electron chi connectivity index (χ4n) is 1.54. The Morgan fingerprint density at radius 3 is 2.82 bits per heavy atom. The molecule has 5 heteroatoms. The van der Waals surface area contributed by atoms with E-state index in [4.69, 9.17) is 9.84 Å². The van der Waals surface area contributed by atoms with Crippen LogP contribution in [-0.4, -0.2) is 28.2 Å². The highest BCUT2D eigenvalue weighted by Gasteiger charge is 2.15. The quantitative estimate of drug-likeness (QED) is 0.871. The molecule has 2 rings (SSSR count). The molecule has 0 aliphatic carbocycles. The first-order valence-electron chi connectivity index (χ1n) is 4.90. The van der Waals surface area contributed by atoms with Crippen LogP contribution in [0.3, 0.4) is 0 Å². The van der Waals surface area contributed by atoms with E-state index in [1.165, 1.54) is 19.6 Å². The molecule has 0 spiro atoms. The third-order valence-electron chi connectivity index (χ3n) is 2.30. The van der Waals surface area contributed by atoms with Crippen LogP contribution >= 0.6 is 0 Å². The summed E-state index contributed by atoms with van der Waals surface area (Å²) in [6, 6.07) is 7.12. The van der Waals surface area contributed by atoms with E-state index < -0.39 is 5.97 Å². The number of ether oxygens (including phenoxy) is 1. The average molecular weight is 230 g/mol. The Hall–Kier alpha value is -2.43. The number of rotatable bonds is 3. The van der Waals surface area contributed by atoms with Gasteiger partial charge in [0.2, 0.25) is 0 Å². The lowest BCUT2D eigenvalue weighted by atomic mass is 10.1. The van der Waals surface area contributed by atoms with Crippen LogP contribution < -0.4 is 4.74 Å². The molecule has 0 aliphatic heterocycles. The Morgan fingerprint density at radius 2 is 2.12 bits per heavy atom. The molecule has 0 saturated carbocycles. The number of carboxylic acids is 1. The van der Waals surface area contributed by atoms with E-state index in [1.807, 2.05) is 6.07 Å². The van der Waals surface area contributed by atoms with Crippen molar-refractivity contribution in [3.05, 3.63) is 42.4 Å². The number of hydrogen-bond acceptors (Lipinski definition) is 4. The van der Waals surface area contributed by atoms with Crippen LogP contribution in [0, 0.1) is 0 Å². The average Bonchev–Trinajstić information content (AvgIpc) is 2.38. The highest BCUT2D eigenvalue weighted by Crippen LogP contribution is 2.29. The number of benzene rings is 1. The predicted molar refractivity (Wildman–Crippen MR) is 61.0 cm³/mol. The maximum Gasteiger partial charge on any atom is 0.339 e. The van der Waals surface area contributed by atoms with Crippen molar-refractivity contribution in [3.8, 4) is 17.0 Å². The number of aromatic carboxylic acids is 1. The Kier molecular flexibility index (Phi) is 3.00. The molecule has 1 N–H and O–H groups in total. The highest BCUT2D eigenvalue weighted by atomic mass is 16.5. The maximum atomic E-state index is 11.1. The second-order valence-electron chi connectivity index (χ2n) is 3.29. The van der Waals surface area contributed by atoms with Gasteiger partial charge in [-0.15, -0.1) is 0 Å². The van der Waals surface area contributed by atoms with Gasteiger partial charge in [0.25, 0.3) is 0 Å². The molecule has 0 radical (unpaired) electrons. The van der Waals surface area contributed by atoms with E-state index in [2.05, 4.69) is 9.97 Å². The summed E-state index contributed by atoms with van der Waals surface area (Å²) in [5, 5.41) is 9.07. The first-order chi connectivity index (χ1) is 8.24. The molecular formula is C12H10N2O3. The van der Waals surface area contributed by atoms with Crippen LogP contribution in [0.25, 0.3) is 11.3 Å². The summed E-state index contributed by atoms with van der Waals surface area (Å²) in [6.07, 6.45) is 2.59. The van der Waals surface area contributed by atoms with E-state index in [1.54, 1.807) is 18.2 Å². The molecule has 1 aromatic heterocycles. The zero-order valence-corrected chi connectivity index (χ0v) is 9.12. The Balaban J connectivity index is 2.64. The smallest absolute Gasteiger partial charge is 0.339 e. The number of para-hydroxylation sites is 1. The molecule has 17 heavy (non-hydrogen) atoms. The molecule has 5 nitrogen and oxygen atoms in total. The van der Waals surface area contributed by atoms with Crippen LogP contribution in [0.15, 0.2) is 36.8 Å². The van der Waals surface area contributed by atoms with Crippen molar-refractivity contribution in [1.82, 2.24) is 9.97 Å². The standard InChI is InChI=1S/C12H10N2O3/c1-17-10-5-3-2-4-8(10)11-9(12(15)16)6-13-7-14-11/h2-7H,1H3,(H,15,16). The summed E-state index contributed by atoms with van der Waals surface area (Å²) in [5.74, 6) is -0.486. The van der Waals surface area contributed by atoms with E-state index in [9.17, 15) is 4.79 Å². The van der Waals surface area contributed by atoms with E-state index in [0.717, 1.165) is 0 Å². The molecule has 0 unspecified atom stereocenters. The minimum absolute atomic E-state index is 0.0528. The number of aromatic nitrogens is 2. The largest absolute Gasteiger partial charge is 0.496 e. The van der Waals surface area contributed by atoms with Gasteiger partial charge in [0.1, 0.15) is 17.6 Å². The van der Waals surface area contributed by atoms with Gasteiger partial charge in [-0.3, -0.25) is 0 Å². The monoisotopic (exact) mass is 230 g/mol. The Labute approximate surface area is 97.7 Å². The van der Waals surface area contributed by atoms with Crippen molar-refractivity contribution < 1.29 is 14.6 Å². The molecule has 0 amide bonds. The number of methoxy groups -OCH3 is 1. The zero-order valence-electron chi connectivity index (χ0n) is 9.12. The van der Waals surface area contributed by atoms with Gasteiger partial charge in [-0.2, -0.15) is 0 Å². The fourth-order valence-corrected chi connectivity index (χ4v) is 1.54. The molecule has 0 saturated heterocycles. The lowest BCUT2D eigenvalue weighted by Gasteiger charge is -2.08. The number of carboxylic acid groups (broad SMARTS) is 1. The lowest BCUT2D eigenvalue weighted by molar-refractivity contribution is 0.0697. The van der Waals surface area contributed by atoms with Crippen molar-refractivity contribution in [2.45, 2.75) is 0 Å². The molecule has 1 heterocycles. The third-order valence-corrected chi connectivity index (χ3v) is 2.30. The Bertz CT molecular complexity index is 555. The van der Waals surface area contributed by atoms with E-state index in [-0.39, 0.29) is 5.56 Å². The van der Waals surface area contributed by atoms with Gasteiger partial charge in [-0.05, 0) is 12.1 Å². The summed E-state index contributed by atoms with van der Waals surface area (Å²) >= 11 is 0. The van der Waals surface area contributed by atoms with Crippen molar-refractivity contribution >= 4 is 5.97 Å². The van der Waals surface area contributed by atoms with Gasteiger partial charge < -0.3 is 9.84 Å². The van der Waals surface area contributed by atoms with Crippen molar-refractivity contribution in [2.75, 3.05) is 7.11 Å². The third kappa shape index (κ3) is 2.08. The number of hydrogen-bond donors (Lipinski definition) is 1. The van der Waals surface area contributed by atoms with E-state index in [0.29, 0.717) is 17.0 Å². The first-order valence-corrected chi connectivity index (χ1v) is 4.90. The summed E-state index contributed by atoms with van der Waals surface area (Å²) in [4.78, 5) is 18.8. The highest BCUT2D eigenvalue weighted by molar-refractivity contribution is 5.95. The van der Waals surface area contributed by atoms with Crippen LogP contribution in [0.2, 0.25) is 0 Å². The number of nitrogens with zero attached hydrogens (tertiary/aromatic N) is 2. The fraction of sp³-hybridized carbons (Fsp3) is 0.0833. The van der Waals surface area contributed by atoms with E-state index >= 15 is 0 Å². The van der Waals surface area contributed by atoms with Gasteiger partial charge in [0, 0.05) is 11.8 Å². The molecular weight excluding hydrogens is 220 g/mol. The lowest BCUT2D eigenvalue weighted by Crippen LogP contribution is -2.03. The maximum absolute atomic E-state index is 11.1. The van der Waals surface area contributed by atoms with Crippen LogP contribution in [0.5, 0.6) is 5.75 Å². The van der Waals surface area contributed by atoms with Crippen molar-refractivity contribution in [1.29, 1.82) is 0 Å². The molecule has 0 atom stereocenters. The second kappa shape index (κ2) is 4.61. The predicted octanol–water partition coefficient (Wildman–Crippen LogP) is 1.85. The number of carbonyl (C=O) groups is 1. The molecule has 0 aliphatic rings. The normalized spacial score (nSPS) is 9.94. The molecule has 86 valence electrons. The van der Waals surface area contributed by atoms with Gasteiger partial charge in [-0.25, -0.2) is 14.8 Å². The summed E-state index contributed by atoms with van der Waals surface area (Å²) in [7, 11) is 1.53. The molecule has 0 bridgehead atoms. The zero-order chi connectivity index (χ0) is 12.3. The second-order valence-corrected chi connectivity index (χ2v) is 3.29. The molecule has 1 aromatic carbocycles. The van der Waals surface area contributed by atoms with Crippen LogP contribution in [0.4, 0.5) is 0 Å². The summed E-state index contributed by atoms with van der Waals surface area (Å²) in [5.41, 5.74) is 1.04. The van der Waals surface area contributed by atoms with Gasteiger partial charge in [0.15, 0.2) is 0 Å². The molecule has 2 aromatic rings. The van der Waals surface area contributed by atoms with Crippen LogP contribution in [0.1, 0.15) is 10.4 Å². The van der Waals surface area contributed by atoms with Gasteiger partial charge in [-0.1, -0.05) is 12.1 Å². The summed E-state index contributed by atoms with van der Waals surface area (Å²) < 4.78 is 5.18. The summed E-state index contributed by atoms with van der Waals surface area (Å²) in [6.45, 7) is 0. The van der Waals surface area contributed by atoms with Gasteiger partial charge in [0.05, 0.1) is 12.8 Å². The van der Waals surface area contributed by atoms with Crippen molar-refractivity contribution in [3.63, 3.8) is 0 Å². The van der Waals surface area contributed by atoms with Crippen LogP contribution in [-0.2, 0) is 0 Å². The first kappa shape index (κ1) is 11.1. The molecule has 0 fully saturated rings.